The zero-order valence-electron chi connectivity index (χ0n) is 11.2. The van der Waals surface area contributed by atoms with Gasteiger partial charge in [-0.25, -0.2) is 0 Å². The number of hydrogen-bond donors (Lipinski definition) is 1. The first-order valence-corrected chi connectivity index (χ1v) is 7.11. The fourth-order valence-corrected chi connectivity index (χ4v) is 3.24. The van der Waals surface area contributed by atoms with E-state index in [1.807, 2.05) is 0 Å². The highest BCUT2D eigenvalue weighted by atomic mass is 15.2. The van der Waals surface area contributed by atoms with Crippen LogP contribution in [-0.4, -0.2) is 37.1 Å². The Labute approximate surface area is 101 Å². The highest BCUT2D eigenvalue weighted by molar-refractivity contribution is 4.84. The molecule has 0 saturated carbocycles. The van der Waals surface area contributed by atoms with Crippen LogP contribution in [0.3, 0.4) is 0 Å². The summed E-state index contributed by atoms with van der Waals surface area (Å²) in [6.45, 7) is 12.3. The van der Waals surface area contributed by atoms with Gasteiger partial charge in [0.15, 0.2) is 0 Å². The largest absolute Gasteiger partial charge is 0.313 e. The molecule has 0 aromatic rings. The van der Waals surface area contributed by atoms with Crippen molar-refractivity contribution < 1.29 is 0 Å². The standard InChI is InChI=1S/C14H28N2/c1-11(2)13-5-7-16(9-13)10-14-8-12(3)4-6-15-14/h11-15H,4-10H2,1-3H3. The molecule has 3 atom stereocenters. The first-order chi connectivity index (χ1) is 7.65. The normalized spacial score (nSPS) is 37.1. The molecular weight excluding hydrogens is 196 g/mol. The van der Waals surface area contributed by atoms with Crippen LogP contribution in [0.5, 0.6) is 0 Å². The molecule has 94 valence electrons. The first kappa shape index (κ1) is 12.4. The number of nitrogens with zero attached hydrogens (tertiary/aromatic N) is 1. The minimum Gasteiger partial charge on any atom is -0.313 e. The van der Waals surface area contributed by atoms with E-state index in [9.17, 15) is 0 Å². The second kappa shape index (κ2) is 5.50. The lowest BCUT2D eigenvalue weighted by Crippen LogP contribution is -2.45. The zero-order chi connectivity index (χ0) is 11.5. The van der Waals surface area contributed by atoms with E-state index in [2.05, 4.69) is 31.0 Å². The lowest BCUT2D eigenvalue weighted by molar-refractivity contribution is 0.225. The Morgan fingerprint density at radius 1 is 1.31 bits per heavy atom. The SMILES string of the molecule is CC1CCNC(CN2CCC(C(C)C)C2)C1. The average molecular weight is 224 g/mol. The molecule has 2 rings (SSSR count). The molecular formula is C14H28N2. The third-order valence-electron chi connectivity index (χ3n) is 4.49. The topological polar surface area (TPSA) is 15.3 Å². The monoisotopic (exact) mass is 224 g/mol. The Morgan fingerprint density at radius 2 is 2.12 bits per heavy atom. The molecule has 3 unspecified atom stereocenters. The minimum absolute atomic E-state index is 0.759. The molecule has 2 fully saturated rings. The van der Waals surface area contributed by atoms with Gasteiger partial charge in [-0.05, 0) is 50.1 Å². The molecule has 0 bridgehead atoms. The third kappa shape index (κ3) is 3.21. The van der Waals surface area contributed by atoms with E-state index in [4.69, 9.17) is 0 Å². The smallest absolute Gasteiger partial charge is 0.0197 e. The molecule has 0 aromatic carbocycles. The maximum atomic E-state index is 3.68. The summed E-state index contributed by atoms with van der Waals surface area (Å²) in [5, 5.41) is 3.68. The van der Waals surface area contributed by atoms with Crippen molar-refractivity contribution in [2.75, 3.05) is 26.2 Å². The van der Waals surface area contributed by atoms with Crippen LogP contribution in [0.25, 0.3) is 0 Å². The average Bonchev–Trinajstić information content (AvgIpc) is 2.66. The van der Waals surface area contributed by atoms with E-state index in [1.54, 1.807) is 0 Å². The van der Waals surface area contributed by atoms with Gasteiger partial charge in [-0.2, -0.15) is 0 Å². The molecule has 2 heterocycles. The van der Waals surface area contributed by atoms with Crippen molar-refractivity contribution in [3.8, 4) is 0 Å². The summed E-state index contributed by atoms with van der Waals surface area (Å²) in [4.78, 5) is 2.68. The molecule has 2 nitrogen and oxygen atoms in total. The quantitative estimate of drug-likeness (QED) is 0.791. The Bertz CT molecular complexity index is 215. The molecule has 2 aliphatic heterocycles. The molecule has 0 radical (unpaired) electrons. The predicted molar refractivity (Wildman–Crippen MR) is 69.6 cm³/mol. The lowest BCUT2D eigenvalue weighted by atomic mass is 9.94. The molecule has 0 aromatic heterocycles. The summed E-state index contributed by atoms with van der Waals surface area (Å²) in [5.74, 6) is 2.74. The molecule has 0 amide bonds. The van der Waals surface area contributed by atoms with Crippen molar-refractivity contribution in [1.82, 2.24) is 10.2 Å². The van der Waals surface area contributed by atoms with Gasteiger partial charge in [0.2, 0.25) is 0 Å². The maximum absolute atomic E-state index is 3.68. The van der Waals surface area contributed by atoms with Crippen molar-refractivity contribution in [3.63, 3.8) is 0 Å². The van der Waals surface area contributed by atoms with Gasteiger partial charge in [0.1, 0.15) is 0 Å². The van der Waals surface area contributed by atoms with Gasteiger partial charge in [-0.3, -0.25) is 0 Å². The summed E-state index contributed by atoms with van der Waals surface area (Å²) < 4.78 is 0. The van der Waals surface area contributed by atoms with Crippen LogP contribution in [0.4, 0.5) is 0 Å². The van der Waals surface area contributed by atoms with Crippen LogP contribution in [0.1, 0.15) is 40.0 Å². The predicted octanol–water partition coefficient (Wildman–Crippen LogP) is 2.35. The Morgan fingerprint density at radius 3 is 2.75 bits per heavy atom. The second-order valence-electron chi connectivity index (χ2n) is 6.33. The van der Waals surface area contributed by atoms with Crippen molar-refractivity contribution in [2.24, 2.45) is 17.8 Å². The fraction of sp³-hybridized carbons (Fsp3) is 1.00. The highest BCUT2D eigenvalue weighted by Gasteiger charge is 2.27. The van der Waals surface area contributed by atoms with Gasteiger partial charge in [0, 0.05) is 19.1 Å². The van der Waals surface area contributed by atoms with Gasteiger partial charge >= 0.3 is 0 Å². The zero-order valence-corrected chi connectivity index (χ0v) is 11.2. The summed E-state index contributed by atoms with van der Waals surface area (Å²) in [7, 11) is 0. The van der Waals surface area contributed by atoms with Crippen LogP contribution in [0.2, 0.25) is 0 Å². The van der Waals surface area contributed by atoms with E-state index < -0.39 is 0 Å². The van der Waals surface area contributed by atoms with Gasteiger partial charge in [0.25, 0.3) is 0 Å². The minimum atomic E-state index is 0.759. The van der Waals surface area contributed by atoms with Crippen LogP contribution < -0.4 is 5.32 Å². The Kier molecular flexibility index (Phi) is 4.26. The van der Waals surface area contributed by atoms with Crippen molar-refractivity contribution >= 4 is 0 Å². The van der Waals surface area contributed by atoms with Crippen LogP contribution in [0.15, 0.2) is 0 Å². The molecule has 16 heavy (non-hydrogen) atoms. The van der Waals surface area contributed by atoms with Crippen LogP contribution >= 0.6 is 0 Å². The van der Waals surface area contributed by atoms with Crippen LogP contribution in [-0.2, 0) is 0 Å². The van der Waals surface area contributed by atoms with Gasteiger partial charge in [-0.15, -0.1) is 0 Å². The molecule has 1 N–H and O–H groups in total. The van der Waals surface area contributed by atoms with E-state index in [0.29, 0.717) is 0 Å². The van der Waals surface area contributed by atoms with Crippen molar-refractivity contribution in [1.29, 1.82) is 0 Å². The Balaban J connectivity index is 1.74. The van der Waals surface area contributed by atoms with E-state index >= 15 is 0 Å². The molecule has 2 saturated heterocycles. The third-order valence-corrected chi connectivity index (χ3v) is 4.49. The number of nitrogens with one attached hydrogen (secondary N) is 1. The van der Waals surface area contributed by atoms with Gasteiger partial charge < -0.3 is 10.2 Å². The number of piperidine rings is 1. The summed E-state index contributed by atoms with van der Waals surface area (Å²) in [6.07, 6.45) is 4.16. The number of hydrogen-bond acceptors (Lipinski definition) is 2. The summed E-state index contributed by atoms with van der Waals surface area (Å²) >= 11 is 0. The first-order valence-electron chi connectivity index (χ1n) is 7.11. The van der Waals surface area contributed by atoms with Crippen LogP contribution in [0, 0.1) is 17.8 Å². The Hall–Kier alpha value is -0.0800. The van der Waals surface area contributed by atoms with Gasteiger partial charge in [-0.1, -0.05) is 20.8 Å². The number of rotatable bonds is 3. The highest BCUT2D eigenvalue weighted by Crippen LogP contribution is 2.24. The van der Waals surface area contributed by atoms with Crippen molar-refractivity contribution in [3.05, 3.63) is 0 Å². The second-order valence-corrected chi connectivity index (χ2v) is 6.33. The van der Waals surface area contributed by atoms with Gasteiger partial charge in [0.05, 0.1) is 0 Å². The molecule has 2 heteroatoms. The lowest BCUT2D eigenvalue weighted by Gasteiger charge is -2.31. The fourth-order valence-electron chi connectivity index (χ4n) is 3.24. The van der Waals surface area contributed by atoms with E-state index in [0.717, 1.165) is 23.8 Å². The van der Waals surface area contributed by atoms with E-state index in [1.165, 1.54) is 45.4 Å². The number of likely N-dealkylation sites (tertiary alicyclic amines) is 1. The summed E-state index contributed by atoms with van der Waals surface area (Å²) in [5.41, 5.74) is 0. The maximum Gasteiger partial charge on any atom is 0.0197 e. The summed E-state index contributed by atoms with van der Waals surface area (Å²) in [6, 6.07) is 0.759. The molecule has 0 spiro atoms. The molecule has 0 aliphatic carbocycles. The molecule has 2 aliphatic rings. The van der Waals surface area contributed by atoms with E-state index in [-0.39, 0.29) is 0 Å². The van der Waals surface area contributed by atoms with Crippen molar-refractivity contribution in [2.45, 2.75) is 46.1 Å².